The van der Waals surface area contributed by atoms with Crippen molar-refractivity contribution in [3.05, 3.63) is 17.8 Å². The minimum Gasteiger partial charge on any atom is -0.462 e. The number of pyridine rings is 1. The molecule has 0 aliphatic rings. The number of nitrogens with zero attached hydrogens (tertiary/aromatic N) is 4. The zero-order valence-corrected chi connectivity index (χ0v) is 10.5. The molecule has 1 aromatic heterocycles. The molecule has 1 rings (SSSR count). The number of ether oxygens (including phenoxy) is 1. The van der Waals surface area contributed by atoms with Gasteiger partial charge >= 0.3 is 5.97 Å². The average Bonchev–Trinajstić information content (AvgIpc) is 2.39. The number of rotatable bonds is 5. The molecule has 7 heteroatoms. The molecule has 98 valence electrons. The molecule has 0 radical (unpaired) electrons. The molecule has 0 aromatic carbocycles. The predicted molar refractivity (Wildman–Crippen MR) is 68.0 cm³/mol. The Hall–Kier alpha value is -2.80. The van der Waals surface area contributed by atoms with Crippen LogP contribution in [0.3, 0.4) is 0 Å². The summed E-state index contributed by atoms with van der Waals surface area (Å²) in [5, 5.41) is 17.5. The lowest BCUT2D eigenvalue weighted by Gasteiger charge is -2.19. The van der Waals surface area contributed by atoms with Crippen LogP contribution in [0.1, 0.15) is 17.3 Å². The Morgan fingerprint density at radius 3 is 2.63 bits per heavy atom. The average molecular weight is 259 g/mol. The minimum atomic E-state index is -0.585. The zero-order valence-electron chi connectivity index (χ0n) is 10.5. The number of nitrogens with two attached hydrogens (primary N) is 1. The standard InChI is InChI=1S/C12H13N5O2/c1-2-19-12(18)10-7-9(15)8-16-11(10)17(5-3-13)6-4-14/h7-8H,2,5-6,15H2,1H3. The van der Waals surface area contributed by atoms with Gasteiger partial charge in [0.05, 0.1) is 30.6 Å². The van der Waals surface area contributed by atoms with Crippen LogP contribution in [0.25, 0.3) is 0 Å². The second kappa shape index (κ2) is 6.82. The number of nitriles is 2. The van der Waals surface area contributed by atoms with Crippen LogP contribution in [-0.2, 0) is 4.74 Å². The second-order valence-electron chi connectivity index (χ2n) is 3.53. The lowest BCUT2D eigenvalue weighted by molar-refractivity contribution is 0.0526. The Morgan fingerprint density at radius 1 is 1.47 bits per heavy atom. The predicted octanol–water partition coefficient (Wildman–Crippen LogP) is 0.694. The third-order valence-corrected chi connectivity index (χ3v) is 2.21. The Balaban J connectivity index is 3.21. The summed E-state index contributed by atoms with van der Waals surface area (Å²) in [6.45, 7) is 1.77. The Morgan fingerprint density at radius 2 is 2.11 bits per heavy atom. The van der Waals surface area contributed by atoms with Gasteiger partial charge in [-0.25, -0.2) is 9.78 Å². The molecule has 0 unspecified atom stereocenters. The number of aromatic nitrogens is 1. The van der Waals surface area contributed by atoms with E-state index in [4.69, 9.17) is 21.0 Å². The fraction of sp³-hybridized carbons (Fsp3) is 0.333. The molecule has 2 N–H and O–H groups in total. The van der Waals surface area contributed by atoms with Crippen molar-refractivity contribution in [2.45, 2.75) is 6.92 Å². The molecular weight excluding hydrogens is 246 g/mol. The molecule has 1 aromatic rings. The van der Waals surface area contributed by atoms with Gasteiger partial charge in [0.2, 0.25) is 0 Å². The lowest BCUT2D eigenvalue weighted by atomic mass is 10.2. The molecule has 0 aliphatic carbocycles. The van der Waals surface area contributed by atoms with Crippen molar-refractivity contribution in [1.82, 2.24) is 4.98 Å². The van der Waals surface area contributed by atoms with Crippen LogP contribution in [0.4, 0.5) is 11.5 Å². The van der Waals surface area contributed by atoms with E-state index in [1.165, 1.54) is 17.2 Å². The number of anilines is 2. The highest BCUT2D eigenvalue weighted by Crippen LogP contribution is 2.20. The smallest absolute Gasteiger partial charge is 0.341 e. The molecule has 0 saturated heterocycles. The molecule has 0 amide bonds. The molecular formula is C12H13N5O2. The van der Waals surface area contributed by atoms with E-state index in [1.54, 1.807) is 6.92 Å². The fourth-order valence-corrected chi connectivity index (χ4v) is 1.46. The Kier molecular flexibility index (Phi) is 5.12. The van der Waals surface area contributed by atoms with Crippen molar-refractivity contribution >= 4 is 17.5 Å². The topological polar surface area (TPSA) is 116 Å². The van der Waals surface area contributed by atoms with Gasteiger partial charge in [-0.05, 0) is 13.0 Å². The molecule has 7 nitrogen and oxygen atoms in total. The number of carbonyl (C=O) groups excluding carboxylic acids is 1. The maximum absolute atomic E-state index is 11.8. The van der Waals surface area contributed by atoms with Crippen LogP contribution in [0, 0.1) is 22.7 Å². The quantitative estimate of drug-likeness (QED) is 0.610. The molecule has 0 saturated carbocycles. The molecule has 0 aliphatic heterocycles. The van der Waals surface area contributed by atoms with Crippen LogP contribution in [0.2, 0.25) is 0 Å². The van der Waals surface area contributed by atoms with Crippen LogP contribution in [0.15, 0.2) is 12.3 Å². The first kappa shape index (κ1) is 14.3. The minimum absolute atomic E-state index is 0.0586. The van der Waals surface area contributed by atoms with Gasteiger partial charge in [0.1, 0.15) is 24.5 Å². The third-order valence-electron chi connectivity index (χ3n) is 2.21. The van der Waals surface area contributed by atoms with Gasteiger partial charge in [-0.1, -0.05) is 0 Å². The second-order valence-corrected chi connectivity index (χ2v) is 3.53. The first-order valence-corrected chi connectivity index (χ1v) is 5.55. The number of hydrogen-bond donors (Lipinski definition) is 1. The molecule has 1 heterocycles. The molecule has 0 spiro atoms. The summed E-state index contributed by atoms with van der Waals surface area (Å²) in [7, 11) is 0. The van der Waals surface area contributed by atoms with Crippen molar-refractivity contribution in [2.24, 2.45) is 0 Å². The van der Waals surface area contributed by atoms with Crippen LogP contribution < -0.4 is 10.6 Å². The van der Waals surface area contributed by atoms with Gasteiger partial charge in [0.15, 0.2) is 0 Å². The summed E-state index contributed by atoms with van der Waals surface area (Å²) in [4.78, 5) is 17.2. The lowest BCUT2D eigenvalue weighted by Crippen LogP contribution is -2.27. The Labute approximate surface area is 110 Å². The van der Waals surface area contributed by atoms with E-state index in [1.807, 2.05) is 12.1 Å². The van der Waals surface area contributed by atoms with Crippen molar-refractivity contribution < 1.29 is 9.53 Å². The van der Waals surface area contributed by atoms with Gasteiger partial charge in [-0.15, -0.1) is 0 Å². The SMILES string of the molecule is CCOC(=O)c1cc(N)cnc1N(CC#N)CC#N. The molecule has 19 heavy (non-hydrogen) atoms. The number of carbonyl (C=O) groups is 1. The van der Waals surface area contributed by atoms with Gasteiger partial charge < -0.3 is 15.4 Å². The van der Waals surface area contributed by atoms with Crippen molar-refractivity contribution in [3.8, 4) is 12.1 Å². The van der Waals surface area contributed by atoms with Gasteiger partial charge in [-0.3, -0.25) is 0 Å². The molecule has 0 atom stereocenters. The van der Waals surface area contributed by atoms with E-state index in [0.717, 1.165) is 0 Å². The van der Waals surface area contributed by atoms with E-state index in [2.05, 4.69) is 4.98 Å². The summed E-state index contributed by atoms with van der Waals surface area (Å²) >= 11 is 0. The summed E-state index contributed by atoms with van der Waals surface area (Å²) < 4.78 is 4.90. The fourth-order valence-electron chi connectivity index (χ4n) is 1.46. The zero-order chi connectivity index (χ0) is 14.3. The van der Waals surface area contributed by atoms with Gasteiger partial charge in [-0.2, -0.15) is 10.5 Å². The normalized spacial score (nSPS) is 9.21. The highest BCUT2D eigenvalue weighted by atomic mass is 16.5. The van der Waals surface area contributed by atoms with E-state index in [9.17, 15) is 4.79 Å². The van der Waals surface area contributed by atoms with E-state index in [-0.39, 0.29) is 31.1 Å². The number of hydrogen-bond acceptors (Lipinski definition) is 7. The van der Waals surface area contributed by atoms with Crippen LogP contribution in [0.5, 0.6) is 0 Å². The maximum Gasteiger partial charge on any atom is 0.341 e. The van der Waals surface area contributed by atoms with E-state index in [0.29, 0.717) is 5.69 Å². The largest absolute Gasteiger partial charge is 0.462 e. The maximum atomic E-state index is 11.8. The van der Waals surface area contributed by atoms with Gasteiger partial charge in [0.25, 0.3) is 0 Å². The van der Waals surface area contributed by atoms with E-state index >= 15 is 0 Å². The highest BCUT2D eigenvalue weighted by Gasteiger charge is 2.19. The number of nitrogen functional groups attached to an aromatic ring is 1. The van der Waals surface area contributed by atoms with Crippen molar-refractivity contribution in [3.63, 3.8) is 0 Å². The molecule has 0 fully saturated rings. The van der Waals surface area contributed by atoms with Crippen LogP contribution in [-0.4, -0.2) is 30.6 Å². The van der Waals surface area contributed by atoms with Crippen LogP contribution >= 0.6 is 0 Å². The molecule has 0 bridgehead atoms. The Bertz CT molecular complexity index is 528. The first-order chi connectivity index (χ1) is 9.13. The van der Waals surface area contributed by atoms with Crippen molar-refractivity contribution in [1.29, 1.82) is 10.5 Å². The summed E-state index contributed by atoms with van der Waals surface area (Å²) in [6.07, 6.45) is 1.36. The summed E-state index contributed by atoms with van der Waals surface area (Å²) in [5.41, 5.74) is 6.04. The first-order valence-electron chi connectivity index (χ1n) is 5.55. The number of esters is 1. The van der Waals surface area contributed by atoms with Gasteiger partial charge in [0, 0.05) is 0 Å². The monoisotopic (exact) mass is 259 g/mol. The summed E-state index contributed by atoms with van der Waals surface area (Å²) in [5.74, 6) is -0.367. The highest BCUT2D eigenvalue weighted by molar-refractivity contribution is 5.95. The van der Waals surface area contributed by atoms with E-state index < -0.39 is 5.97 Å². The summed E-state index contributed by atoms with van der Waals surface area (Å²) in [6, 6.07) is 5.25. The third kappa shape index (κ3) is 3.58. The van der Waals surface area contributed by atoms with Crippen molar-refractivity contribution in [2.75, 3.05) is 30.3 Å².